The Labute approximate surface area is 191 Å². The summed E-state index contributed by atoms with van der Waals surface area (Å²) in [7, 11) is 1.74. The van der Waals surface area contributed by atoms with E-state index in [-0.39, 0.29) is 0 Å². The van der Waals surface area contributed by atoms with Gasteiger partial charge < -0.3 is 19.9 Å². The van der Waals surface area contributed by atoms with E-state index in [0.717, 1.165) is 55.3 Å². The van der Waals surface area contributed by atoms with E-state index in [1.54, 1.807) is 7.11 Å². The van der Waals surface area contributed by atoms with Crippen LogP contribution in [0.2, 0.25) is 5.02 Å². The van der Waals surface area contributed by atoms with Crippen molar-refractivity contribution in [1.29, 1.82) is 0 Å². The molecule has 0 atom stereocenters. The molecule has 6 heteroatoms. The number of fused-ring (bicyclic) bond motifs is 1. The van der Waals surface area contributed by atoms with Gasteiger partial charge in [-0.3, -0.25) is 0 Å². The highest BCUT2D eigenvalue weighted by Crippen LogP contribution is 2.28. The third-order valence-corrected chi connectivity index (χ3v) is 6.46. The summed E-state index contributed by atoms with van der Waals surface area (Å²) in [5, 5.41) is 4.85. The smallest absolute Gasteiger partial charge is 0.173 e. The average molecular weight is 446 g/mol. The number of halogens is 1. The van der Waals surface area contributed by atoms with Gasteiger partial charge in [0.2, 0.25) is 0 Å². The second kappa shape index (κ2) is 11.0. The molecule has 0 amide bonds. The lowest BCUT2D eigenvalue weighted by Crippen LogP contribution is -2.36. The van der Waals surface area contributed by atoms with Crippen LogP contribution in [0.1, 0.15) is 36.5 Å². The van der Waals surface area contributed by atoms with Crippen LogP contribution in [0.15, 0.2) is 36.4 Å². The number of anilines is 2. The van der Waals surface area contributed by atoms with Gasteiger partial charge in [-0.1, -0.05) is 29.8 Å². The van der Waals surface area contributed by atoms with E-state index < -0.39 is 0 Å². The van der Waals surface area contributed by atoms with Gasteiger partial charge in [-0.2, -0.15) is 0 Å². The summed E-state index contributed by atoms with van der Waals surface area (Å²) in [5.41, 5.74) is 6.08. The van der Waals surface area contributed by atoms with Crippen LogP contribution < -0.4 is 10.2 Å². The first-order valence-corrected chi connectivity index (χ1v) is 11.5. The molecule has 0 aromatic heterocycles. The van der Waals surface area contributed by atoms with Crippen molar-refractivity contribution in [3.63, 3.8) is 0 Å². The zero-order chi connectivity index (χ0) is 21.5. The molecule has 0 aliphatic carbocycles. The van der Waals surface area contributed by atoms with E-state index in [2.05, 4.69) is 40.2 Å². The molecule has 2 aromatic carbocycles. The molecule has 4 nitrogen and oxygen atoms in total. The zero-order valence-corrected chi connectivity index (χ0v) is 19.8. The van der Waals surface area contributed by atoms with Crippen molar-refractivity contribution in [2.45, 2.75) is 39.7 Å². The molecule has 0 saturated heterocycles. The minimum Gasteiger partial charge on any atom is -0.385 e. The number of thiocarbonyl (C=S) groups is 1. The quantitative estimate of drug-likeness (QED) is 0.418. The van der Waals surface area contributed by atoms with Crippen LogP contribution in [0.4, 0.5) is 11.4 Å². The number of benzene rings is 2. The summed E-state index contributed by atoms with van der Waals surface area (Å²) in [6.45, 7) is 8.76. The van der Waals surface area contributed by atoms with Gasteiger partial charge in [-0.15, -0.1) is 0 Å². The van der Waals surface area contributed by atoms with Crippen molar-refractivity contribution < 1.29 is 4.74 Å². The zero-order valence-electron chi connectivity index (χ0n) is 18.2. The Bertz CT molecular complexity index is 874. The molecular formula is C24H32ClN3OS. The molecule has 0 saturated carbocycles. The third kappa shape index (κ3) is 5.65. The Morgan fingerprint density at radius 2 is 2.13 bits per heavy atom. The first kappa shape index (κ1) is 22.9. The van der Waals surface area contributed by atoms with Gasteiger partial charge >= 0.3 is 0 Å². The second-order valence-corrected chi connectivity index (χ2v) is 8.55. The first-order valence-electron chi connectivity index (χ1n) is 10.7. The van der Waals surface area contributed by atoms with Gasteiger partial charge in [0.1, 0.15) is 0 Å². The summed E-state index contributed by atoms with van der Waals surface area (Å²) < 4.78 is 5.26. The van der Waals surface area contributed by atoms with E-state index in [1.807, 2.05) is 25.1 Å². The van der Waals surface area contributed by atoms with Crippen molar-refractivity contribution >= 4 is 40.3 Å². The molecule has 0 spiro atoms. The molecule has 0 radical (unpaired) electrons. The number of aryl methyl sites for hydroxylation is 1. The van der Waals surface area contributed by atoms with Gasteiger partial charge in [0.05, 0.1) is 0 Å². The van der Waals surface area contributed by atoms with Crippen molar-refractivity contribution in [2.24, 2.45) is 0 Å². The SMILES string of the molecule is CCN1CCCc2cc(CN(CCCOC)C(=S)Nc3cccc(Cl)c3C)ccc21. The van der Waals surface area contributed by atoms with Crippen LogP contribution in [0.5, 0.6) is 0 Å². The lowest BCUT2D eigenvalue weighted by atomic mass is 9.99. The summed E-state index contributed by atoms with van der Waals surface area (Å²) >= 11 is 12.1. The Balaban J connectivity index is 1.76. The van der Waals surface area contributed by atoms with Crippen molar-refractivity contribution in [2.75, 3.05) is 43.6 Å². The molecule has 1 heterocycles. The van der Waals surface area contributed by atoms with E-state index >= 15 is 0 Å². The standard InChI is InChI=1S/C24H32ClN3OS/c1-4-27-13-6-8-20-16-19(11-12-23(20)27)17-28(14-7-15-29-3)24(30)26-22-10-5-9-21(25)18(22)2/h5,9-12,16H,4,6-8,13-15,17H2,1-3H3,(H,26,30). The Morgan fingerprint density at radius 1 is 1.30 bits per heavy atom. The van der Waals surface area contributed by atoms with Crippen molar-refractivity contribution in [3.8, 4) is 0 Å². The lowest BCUT2D eigenvalue weighted by molar-refractivity contribution is 0.185. The fourth-order valence-corrected chi connectivity index (χ4v) is 4.41. The van der Waals surface area contributed by atoms with Crippen LogP contribution in [0.25, 0.3) is 0 Å². The number of methoxy groups -OCH3 is 1. The molecule has 2 aromatic rings. The minimum absolute atomic E-state index is 0.712. The molecule has 1 aliphatic heterocycles. The summed E-state index contributed by atoms with van der Waals surface area (Å²) in [4.78, 5) is 4.68. The van der Waals surface area contributed by atoms with E-state index in [9.17, 15) is 0 Å². The van der Waals surface area contributed by atoms with E-state index in [1.165, 1.54) is 23.2 Å². The van der Waals surface area contributed by atoms with Gasteiger partial charge in [0.25, 0.3) is 0 Å². The maximum absolute atomic E-state index is 6.28. The molecule has 0 bridgehead atoms. The lowest BCUT2D eigenvalue weighted by Gasteiger charge is -2.31. The molecule has 30 heavy (non-hydrogen) atoms. The average Bonchev–Trinajstić information content (AvgIpc) is 2.75. The van der Waals surface area contributed by atoms with Gasteiger partial charge in [0.15, 0.2) is 5.11 Å². The van der Waals surface area contributed by atoms with Crippen LogP contribution >= 0.6 is 23.8 Å². The van der Waals surface area contributed by atoms with E-state index in [0.29, 0.717) is 11.7 Å². The molecular weight excluding hydrogens is 414 g/mol. The van der Waals surface area contributed by atoms with Crippen LogP contribution in [-0.2, 0) is 17.7 Å². The minimum atomic E-state index is 0.712. The predicted molar refractivity (Wildman–Crippen MR) is 132 cm³/mol. The Morgan fingerprint density at radius 3 is 2.90 bits per heavy atom. The van der Waals surface area contributed by atoms with Crippen LogP contribution in [0, 0.1) is 6.92 Å². The van der Waals surface area contributed by atoms with Crippen molar-refractivity contribution in [1.82, 2.24) is 4.90 Å². The molecule has 0 fully saturated rings. The molecule has 162 valence electrons. The Hall–Kier alpha value is -1.82. The van der Waals surface area contributed by atoms with Gasteiger partial charge in [-0.25, -0.2) is 0 Å². The maximum atomic E-state index is 6.28. The highest BCUT2D eigenvalue weighted by Gasteiger charge is 2.17. The second-order valence-electron chi connectivity index (χ2n) is 7.76. The molecule has 1 aliphatic rings. The van der Waals surface area contributed by atoms with Crippen LogP contribution in [-0.4, -0.2) is 43.4 Å². The third-order valence-electron chi connectivity index (χ3n) is 5.69. The van der Waals surface area contributed by atoms with Crippen LogP contribution in [0.3, 0.4) is 0 Å². The topological polar surface area (TPSA) is 27.7 Å². The number of nitrogens with one attached hydrogen (secondary N) is 1. The first-order chi connectivity index (χ1) is 14.5. The summed E-state index contributed by atoms with van der Waals surface area (Å²) in [6.07, 6.45) is 3.28. The number of nitrogens with zero attached hydrogens (tertiary/aromatic N) is 2. The fourth-order valence-electron chi connectivity index (χ4n) is 3.96. The fraction of sp³-hybridized carbons (Fsp3) is 0.458. The van der Waals surface area contributed by atoms with E-state index in [4.69, 9.17) is 28.6 Å². The Kier molecular flexibility index (Phi) is 8.37. The molecule has 1 N–H and O–H groups in total. The molecule has 3 rings (SSSR count). The summed E-state index contributed by atoms with van der Waals surface area (Å²) in [5.74, 6) is 0. The summed E-state index contributed by atoms with van der Waals surface area (Å²) in [6, 6.07) is 12.7. The van der Waals surface area contributed by atoms with Gasteiger partial charge in [-0.05, 0) is 80.2 Å². The molecule has 0 unspecified atom stereocenters. The van der Waals surface area contributed by atoms with Gasteiger partial charge in [0, 0.05) is 56.3 Å². The monoisotopic (exact) mass is 445 g/mol. The number of hydrogen-bond acceptors (Lipinski definition) is 3. The highest BCUT2D eigenvalue weighted by atomic mass is 35.5. The largest absolute Gasteiger partial charge is 0.385 e. The number of rotatable bonds is 8. The normalized spacial score (nSPS) is 13.1. The number of hydrogen-bond donors (Lipinski definition) is 1. The number of ether oxygens (including phenoxy) is 1. The highest BCUT2D eigenvalue weighted by molar-refractivity contribution is 7.80. The predicted octanol–water partition coefficient (Wildman–Crippen LogP) is 5.66. The maximum Gasteiger partial charge on any atom is 0.173 e. The van der Waals surface area contributed by atoms with Crippen molar-refractivity contribution in [3.05, 3.63) is 58.1 Å².